The second-order valence-electron chi connectivity index (χ2n) is 3.02. The van der Waals surface area contributed by atoms with Crippen molar-refractivity contribution in [1.82, 2.24) is 4.98 Å². The Bertz CT molecular complexity index is 455. The molecule has 2 aromatic heterocycles. The van der Waals surface area contributed by atoms with E-state index in [1.54, 1.807) is 23.7 Å². The number of thiophene rings is 1. The van der Waals surface area contributed by atoms with Crippen LogP contribution in [0.5, 0.6) is 0 Å². The number of hydrogen-bond acceptors (Lipinski definition) is 4. The summed E-state index contributed by atoms with van der Waals surface area (Å²) in [4.78, 5) is 5.20. The summed E-state index contributed by atoms with van der Waals surface area (Å²) in [6, 6.07) is 5.99. The fraction of sp³-hybridized carbons (Fsp3) is 0.100. The highest BCUT2D eigenvalue weighted by molar-refractivity contribution is 9.11. The predicted octanol–water partition coefficient (Wildman–Crippen LogP) is 3.10. The molecule has 3 nitrogen and oxygen atoms in total. The van der Waals surface area contributed by atoms with Crippen LogP contribution in [0, 0.1) is 0 Å². The van der Waals surface area contributed by atoms with Crippen molar-refractivity contribution >= 4 is 38.6 Å². The Labute approximate surface area is 100 Å². The minimum absolute atomic E-state index is 0.674. The van der Waals surface area contributed by atoms with Crippen molar-refractivity contribution in [2.24, 2.45) is 0 Å². The van der Waals surface area contributed by atoms with Gasteiger partial charge in [-0.3, -0.25) is 4.98 Å². The van der Waals surface area contributed by atoms with Crippen molar-refractivity contribution in [2.45, 2.75) is 6.54 Å². The highest BCUT2D eigenvalue weighted by Crippen LogP contribution is 2.23. The van der Waals surface area contributed by atoms with Gasteiger partial charge in [-0.25, -0.2) is 0 Å². The van der Waals surface area contributed by atoms with Crippen molar-refractivity contribution in [3.05, 3.63) is 39.3 Å². The Balaban J connectivity index is 2.02. The summed E-state index contributed by atoms with van der Waals surface area (Å²) in [5, 5.41) is 3.27. The molecule has 0 saturated carbocycles. The molecule has 0 saturated heterocycles. The summed E-state index contributed by atoms with van der Waals surface area (Å²) < 4.78 is 1.14. The third kappa shape index (κ3) is 2.70. The van der Waals surface area contributed by atoms with Gasteiger partial charge in [-0.15, -0.1) is 11.3 Å². The molecule has 0 spiro atoms. The van der Waals surface area contributed by atoms with Gasteiger partial charge in [0.1, 0.15) is 0 Å². The number of aromatic nitrogens is 1. The summed E-state index contributed by atoms with van der Waals surface area (Å²) >= 11 is 5.14. The molecule has 0 fully saturated rings. The van der Waals surface area contributed by atoms with Gasteiger partial charge in [-0.05, 0) is 34.1 Å². The maximum atomic E-state index is 5.76. The van der Waals surface area contributed by atoms with Crippen LogP contribution < -0.4 is 11.1 Å². The molecule has 5 heteroatoms. The van der Waals surface area contributed by atoms with Gasteiger partial charge in [0, 0.05) is 17.6 Å². The number of rotatable bonds is 3. The highest BCUT2D eigenvalue weighted by atomic mass is 79.9. The van der Waals surface area contributed by atoms with E-state index in [0.29, 0.717) is 5.69 Å². The minimum atomic E-state index is 0.674. The SMILES string of the molecule is Nc1cnccc1NCc1ccc(Br)s1. The van der Waals surface area contributed by atoms with Crippen LogP contribution in [0.1, 0.15) is 4.88 Å². The van der Waals surface area contributed by atoms with Crippen LogP contribution in [0.25, 0.3) is 0 Å². The molecular formula is C10H10BrN3S. The van der Waals surface area contributed by atoms with E-state index in [1.807, 2.05) is 12.1 Å². The van der Waals surface area contributed by atoms with Crippen molar-refractivity contribution in [3.8, 4) is 0 Å². The molecule has 0 aliphatic heterocycles. The van der Waals surface area contributed by atoms with E-state index in [4.69, 9.17) is 5.73 Å². The van der Waals surface area contributed by atoms with Gasteiger partial charge in [-0.2, -0.15) is 0 Å². The molecule has 0 aliphatic rings. The van der Waals surface area contributed by atoms with E-state index in [0.717, 1.165) is 16.0 Å². The number of hydrogen-bond donors (Lipinski definition) is 2. The first-order valence-corrected chi connectivity index (χ1v) is 6.04. The van der Waals surface area contributed by atoms with Crippen LogP contribution in [0.15, 0.2) is 34.4 Å². The molecule has 0 amide bonds. The molecule has 0 bridgehead atoms. The molecule has 2 rings (SSSR count). The van der Waals surface area contributed by atoms with E-state index in [9.17, 15) is 0 Å². The summed E-state index contributed by atoms with van der Waals surface area (Å²) in [7, 11) is 0. The molecule has 2 aromatic rings. The Hall–Kier alpha value is -1.07. The molecule has 0 aromatic carbocycles. The normalized spacial score (nSPS) is 10.2. The zero-order valence-corrected chi connectivity index (χ0v) is 10.3. The fourth-order valence-electron chi connectivity index (χ4n) is 1.20. The maximum absolute atomic E-state index is 5.76. The average molecular weight is 284 g/mol. The second kappa shape index (κ2) is 4.63. The third-order valence-electron chi connectivity index (χ3n) is 1.93. The summed E-state index contributed by atoms with van der Waals surface area (Å²) in [5.41, 5.74) is 7.36. The molecule has 78 valence electrons. The van der Waals surface area contributed by atoms with Gasteiger partial charge in [0.2, 0.25) is 0 Å². The zero-order chi connectivity index (χ0) is 10.7. The number of nitrogens with one attached hydrogen (secondary N) is 1. The second-order valence-corrected chi connectivity index (χ2v) is 5.57. The molecule has 3 N–H and O–H groups in total. The number of nitrogen functional groups attached to an aromatic ring is 1. The Morgan fingerprint density at radius 2 is 2.27 bits per heavy atom. The first-order chi connectivity index (χ1) is 7.25. The van der Waals surface area contributed by atoms with E-state index in [2.05, 4.69) is 32.3 Å². The molecule has 0 aliphatic carbocycles. The highest BCUT2D eigenvalue weighted by Gasteiger charge is 2.00. The van der Waals surface area contributed by atoms with Crippen LogP contribution in [0.3, 0.4) is 0 Å². The predicted molar refractivity (Wildman–Crippen MR) is 68.0 cm³/mol. The maximum Gasteiger partial charge on any atom is 0.0736 e. The van der Waals surface area contributed by atoms with Crippen molar-refractivity contribution < 1.29 is 0 Å². The lowest BCUT2D eigenvalue weighted by Gasteiger charge is -2.06. The van der Waals surface area contributed by atoms with Gasteiger partial charge >= 0.3 is 0 Å². The first-order valence-electron chi connectivity index (χ1n) is 4.43. The molecule has 0 radical (unpaired) electrons. The van der Waals surface area contributed by atoms with Crippen LogP contribution in [0.2, 0.25) is 0 Å². The smallest absolute Gasteiger partial charge is 0.0736 e. The fourth-order valence-corrected chi connectivity index (χ4v) is 2.62. The first kappa shape index (κ1) is 10.4. The molecule has 2 heterocycles. The van der Waals surface area contributed by atoms with Crippen molar-refractivity contribution in [3.63, 3.8) is 0 Å². The average Bonchev–Trinajstić information content (AvgIpc) is 2.63. The number of pyridine rings is 1. The molecule has 0 unspecified atom stereocenters. The molecule has 15 heavy (non-hydrogen) atoms. The molecule has 0 atom stereocenters. The Morgan fingerprint density at radius 3 is 2.93 bits per heavy atom. The van der Waals surface area contributed by atoms with E-state index in [1.165, 1.54) is 4.88 Å². The number of nitrogens with zero attached hydrogens (tertiary/aromatic N) is 1. The van der Waals surface area contributed by atoms with Crippen LogP contribution in [0.4, 0.5) is 11.4 Å². The van der Waals surface area contributed by atoms with Gasteiger partial charge < -0.3 is 11.1 Å². The van der Waals surface area contributed by atoms with Gasteiger partial charge in [-0.1, -0.05) is 0 Å². The number of halogens is 1. The quantitative estimate of drug-likeness (QED) is 0.910. The minimum Gasteiger partial charge on any atom is -0.396 e. The Morgan fingerprint density at radius 1 is 1.40 bits per heavy atom. The lowest BCUT2D eigenvalue weighted by atomic mass is 10.3. The van der Waals surface area contributed by atoms with Crippen LogP contribution in [-0.2, 0) is 6.54 Å². The van der Waals surface area contributed by atoms with Crippen LogP contribution in [-0.4, -0.2) is 4.98 Å². The summed E-state index contributed by atoms with van der Waals surface area (Å²) in [6.07, 6.45) is 3.37. The lowest BCUT2D eigenvalue weighted by Crippen LogP contribution is -2.01. The van der Waals surface area contributed by atoms with Crippen molar-refractivity contribution in [1.29, 1.82) is 0 Å². The third-order valence-corrected chi connectivity index (χ3v) is 3.56. The van der Waals surface area contributed by atoms with Gasteiger partial charge in [0.05, 0.1) is 21.4 Å². The van der Waals surface area contributed by atoms with E-state index < -0.39 is 0 Å². The van der Waals surface area contributed by atoms with Crippen molar-refractivity contribution in [2.75, 3.05) is 11.1 Å². The summed E-state index contributed by atoms with van der Waals surface area (Å²) in [6.45, 7) is 0.782. The number of anilines is 2. The summed E-state index contributed by atoms with van der Waals surface area (Å²) in [5.74, 6) is 0. The Kier molecular flexibility index (Phi) is 3.23. The topological polar surface area (TPSA) is 50.9 Å². The monoisotopic (exact) mass is 283 g/mol. The molecular weight excluding hydrogens is 274 g/mol. The van der Waals surface area contributed by atoms with Crippen LogP contribution >= 0.6 is 27.3 Å². The number of nitrogens with two attached hydrogens (primary N) is 1. The van der Waals surface area contributed by atoms with E-state index >= 15 is 0 Å². The van der Waals surface area contributed by atoms with Gasteiger partial charge in [0.15, 0.2) is 0 Å². The van der Waals surface area contributed by atoms with Gasteiger partial charge in [0.25, 0.3) is 0 Å². The largest absolute Gasteiger partial charge is 0.396 e. The van der Waals surface area contributed by atoms with E-state index in [-0.39, 0.29) is 0 Å². The standard InChI is InChI=1S/C10H10BrN3S/c11-10-2-1-7(15-10)5-14-9-3-4-13-6-8(9)12/h1-4,6H,5,12H2,(H,13,14). The zero-order valence-electron chi connectivity index (χ0n) is 7.90. The lowest BCUT2D eigenvalue weighted by molar-refractivity contribution is 1.18.